The average molecular weight is 355 g/mol. The number of rotatable bonds is 8. The van der Waals surface area contributed by atoms with Gasteiger partial charge in [-0.05, 0) is 76.7 Å². The fourth-order valence-corrected chi connectivity index (χ4v) is 3.17. The van der Waals surface area contributed by atoms with Crippen molar-refractivity contribution >= 4 is 23.1 Å². The highest BCUT2D eigenvalue weighted by Gasteiger charge is 2.10. The zero-order chi connectivity index (χ0) is 18.2. The molecule has 1 fully saturated rings. The van der Waals surface area contributed by atoms with Crippen LogP contribution in [-0.2, 0) is 0 Å². The van der Waals surface area contributed by atoms with Gasteiger partial charge in [-0.3, -0.25) is 0 Å². The van der Waals surface area contributed by atoms with Crippen molar-refractivity contribution in [2.24, 2.45) is 0 Å². The Labute approximate surface area is 156 Å². The molecular weight excluding hydrogens is 324 g/mol. The number of hydrogen-bond donors (Lipinski definition) is 2. The molecule has 1 aliphatic heterocycles. The summed E-state index contributed by atoms with van der Waals surface area (Å²) in [6.45, 7) is 4.29. The van der Waals surface area contributed by atoms with Crippen LogP contribution >= 0.6 is 0 Å². The quantitative estimate of drug-likeness (QED) is 0.707. The molecule has 1 aliphatic rings. The summed E-state index contributed by atoms with van der Waals surface area (Å²) < 4.78 is 0. The van der Waals surface area contributed by atoms with Crippen LogP contribution in [0.4, 0.5) is 23.1 Å². The summed E-state index contributed by atoms with van der Waals surface area (Å²) in [5.41, 5.74) is 2.31. The minimum Gasteiger partial charge on any atom is -0.372 e. The molecule has 0 atom stereocenters. The molecule has 0 saturated carbocycles. The van der Waals surface area contributed by atoms with E-state index in [9.17, 15) is 0 Å². The molecule has 6 heteroatoms. The van der Waals surface area contributed by atoms with E-state index in [2.05, 4.69) is 68.8 Å². The largest absolute Gasteiger partial charge is 0.372 e. The second kappa shape index (κ2) is 9.38. The van der Waals surface area contributed by atoms with Gasteiger partial charge < -0.3 is 20.4 Å². The lowest BCUT2D eigenvalue weighted by Gasteiger charge is -2.28. The number of hydrogen-bond acceptors (Lipinski definition) is 6. The van der Waals surface area contributed by atoms with Crippen LogP contribution in [0.1, 0.15) is 25.7 Å². The lowest BCUT2D eigenvalue weighted by atomic mass is 10.1. The van der Waals surface area contributed by atoms with Crippen LogP contribution in [0.3, 0.4) is 0 Å². The van der Waals surface area contributed by atoms with E-state index >= 15 is 0 Å². The third-order valence-corrected chi connectivity index (χ3v) is 4.59. The fourth-order valence-electron chi connectivity index (χ4n) is 3.17. The van der Waals surface area contributed by atoms with Gasteiger partial charge in [0.05, 0.1) is 0 Å². The molecule has 2 N–H and O–H groups in total. The molecular formula is C20H30N6. The standard InChI is InChI=1S/C20H30N6/c1-25(2)14-6-12-21-19-11-13-22-20(24-19)23-17-7-9-18(10-8-17)26-15-4-3-5-16-26/h7-11,13H,3-6,12,14-16H2,1-2H3,(H2,21,22,23,24). The molecule has 3 rings (SSSR count). The van der Waals surface area contributed by atoms with E-state index in [1.165, 1.54) is 24.9 Å². The highest BCUT2D eigenvalue weighted by Crippen LogP contribution is 2.23. The summed E-state index contributed by atoms with van der Waals surface area (Å²) in [4.78, 5) is 13.5. The second-order valence-corrected chi connectivity index (χ2v) is 7.07. The van der Waals surface area contributed by atoms with E-state index in [-0.39, 0.29) is 0 Å². The molecule has 1 aromatic carbocycles. The van der Waals surface area contributed by atoms with Crippen LogP contribution in [0.25, 0.3) is 0 Å². The van der Waals surface area contributed by atoms with E-state index in [1.54, 1.807) is 6.20 Å². The Bertz CT molecular complexity index is 664. The second-order valence-electron chi connectivity index (χ2n) is 7.07. The fraction of sp³-hybridized carbons (Fsp3) is 0.500. The maximum Gasteiger partial charge on any atom is 0.229 e. The van der Waals surface area contributed by atoms with E-state index in [1.807, 2.05) is 6.07 Å². The van der Waals surface area contributed by atoms with Gasteiger partial charge in [-0.25, -0.2) is 4.98 Å². The summed E-state index contributed by atoms with van der Waals surface area (Å²) >= 11 is 0. The number of piperidine rings is 1. The van der Waals surface area contributed by atoms with Crippen molar-refractivity contribution in [3.8, 4) is 0 Å². The van der Waals surface area contributed by atoms with Gasteiger partial charge in [-0.15, -0.1) is 0 Å². The smallest absolute Gasteiger partial charge is 0.229 e. The zero-order valence-corrected chi connectivity index (χ0v) is 15.9. The summed E-state index contributed by atoms with van der Waals surface area (Å²) in [7, 11) is 4.17. The normalized spacial score (nSPS) is 14.5. The molecule has 6 nitrogen and oxygen atoms in total. The number of aromatic nitrogens is 2. The van der Waals surface area contributed by atoms with E-state index in [0.717, 1.165) is 44.1 Å². The lowest BCUT2D eigenvalue weighted by Crippen LogP contribution is -2.29. The molecule has 0 bridgehead atoms. The maximum atomic E-state index is 4.54. The molecule has 1 aromatic heterocycles. The molecule has 2 aromatic rings. The van der Waals surface area contributed by atoms with Crippen molar-refractivity contribution in [1.82, 2.24) is 14.9 Å². The number of anilines is 4. The monoisotopic (exact) mass is 354 g/mol. The Hall–Kier alpha value is -2.34. The van der Waals surface area contributed by atoms with Gasteiger partial charge in [0.25, 0.3) is 0 Å². The Balaban J connectivity index is 1.54. The van der Waals surface area contributed by atoms with Gasteiger partial charge in [0.15, 0.2) is 0 Å². The SMILES string of the molecule is CN(C)CCCNc1ccnc(Nc2ccc(N3CCCCC3)cc2)n1. The van der Waals surface area contributed by atoms with E-state index in [4.69, 9.17) is 0 Å². The first-order chi connectivity index (χ1) is 12.7. The van der Waals surface area contributed by atoms with Crippen molar-refractivity contribution in [2.75, 3.05) is 55.8 Å². The number of benzene rings is 1. The maximum absolute atomic E-state index is 4.54. The molecule has 1 saturated heterocycles. The van der Waals surface area contributed by atoms with Crippen molar-refractivity contribution in [3.05, 3.63) is 36.5 Å². The molecule has 0 unspecified atom stereocenters. The summed E-state index contributed by atoms with van der Waals surface area (Å²) in [6.07, 6.45) is 6.81. The zero-order valence-electron chi connectivity index (χ0n) is 15.9. The third-order valence-electron chi connectivity index (χ3n) is 4.59. The Morgan fingerprint density at radius 2 is 1.81 bits per heavy atom. The van der Waals surface area contributed by atoms with E-state index in [0.29, 0.717) is 5.95 Å². The first-order valence-electron chi connectivity index (χ1n) is 9.54. The molecule has 2 heterocycles. The van der Waals surface area contributed by atoms with Crippen molar-refractivity contribution in [2.45, 2.75) is 25.7 Å². The molecule has 0 aliphatic carbocycles. The first-order valence-corrected chi connectivity index (χ1v) is 9.54. The van der Waals surface area contributed by atoms with Crippen LogP contribution in [-0.4, -0.2) is 55.1 Å². The Morgan fingerprint density at radius 3 is 2.54 bits per heavy atom. The Kier molecular flexibility index (Phi) is 6.66. The van der Waals surface area contributed by atoms with Gasteiger partial charge in [0.1, 0.15) is 5.82 Å². The van der Waals surface area contributed by atoms with Crippen molar-refractivity contribution in [3.63, 3.8) is 0 Å². The van der Waals surface area contributed by atoms with Crippen molar-refractivity contribution in [1.29, 1.82) is 0 Å². The molecule has 0 amide bonds. The summed E-state index contributed by atoms with van der Waals surface area (Å²) in [5, 5.41) is 6.65. The van der Waals surface area contributed by atoms with Crippen LogP contribution < -0.4 is 15.5 Å². The minimum atomic E-state index is 0.619. The van der Waals surface area contributed by atoms with Gasteiger partial charge in [0.2, 0.25) is 5.95 Å². The molecule has 0 spiro atoms. The summed E-state index contributed by atoms with van der Waals surface area (Å²) in [5.74, 6) is 1.47. The average Bonchev–Trinajstić information content (AvgIpc) is 2.67. The van der Waals surface area contributed by atoms with Gasteiger partial charge in [-0.1, -0.05) is 0 Å². The van der Waals surface area contributed by atoms with Gasteiger partial charge in [-0.2, -0.15) is 4.98 Å². The highest BCUT2D eigenvalue weighted by molar-refractivity contribution is 5.60. The van der Waals surface area contributed by atoms with Crippen LogP contribution in [0.5, 0.6) is 0 Å². The van der Waals surface area contributed by atoms with E-state index < -0.39 is 0 Å². The number of nitrogens with one attached hydrogen (secondary N) is 2. The number of nitrogens with zero attached hydrogens (tertiary/aromatic N) is 4. The van der Waals surface area contributed by atoms with Crippen LogP contribution in [0, 0.1) is 0 Å². The van der Waals surface area contributed by atoms with Gasteiger partial charge in [0, 0.05) is 37.2 Å². The third kappa shape index (κ3) is 5.59. The van der Waals surface area contributed by atoms with Crippen molar-refractivity contribution < 1.29 is 0 Å². The van der Waals surface area contributed by atoms with Crippen LogP contribution in [0.15, 0.2) is 36.5 Å². The first kappa shape index (κ1) is 18.5. The highest BCUT2D eigenvalue weighted by atomic mass is 15.1. The minimum absolute atomic E-state index is 0.619. The van der Waals surface area contributed by atoms with Crippen LogP contribution in [0.2, 0.25) is 0 Å². The molecule has 0 radical (unpaired) electrons. The summed E-state index contributed by atoms with van der Waals surface area (Å²) in [6, 6.07) is 10.5. The molecule has 26 heavy (non-hydrogen) atoms. The lowest BCUT2D eigenvalue weighted by molar-refractivity contribution is 0.405. The topological polar surface area (TPSA) is 56.3 Å². The predicted molar refractivity (Wildman–Crippen MR) is 109 cm³/mol. The van der Waals surface area contributed by atoms with Gasteiger partial charge >= 0.3 is 0 Å². The molecule has 140 valence electrons. The predicted octanol–water partition coefficient (Wildman–Crippen LogP) is 3.57. The Morgan fingerprint density at radius 1 is 1.04 bits per heavy atom.